The third kappa shape index (κ3) is 4.12. The summed E-state index contributed by atoms with van der Waals surface area (Å²) in [6.45, 7) is 8.83. The Morgan fingerprint density at radius 2 is 1.70 bits per heavy atom. The third-order valence-corrected chi connectivity index (χ3v) is 3.59. The van der Waals surface area contributed by atoms with Gasteiger partial charge in [0.25, 0.3) is 0 Å². The van der Waals surface area contributed by atoms with E-state index in [-0.39, 0.29) is 17.7 Å². The van der Waals surface area contributed by atoms with Crippen molar-refractivity contribution >= 4 is 12.0 Å². The zero-order chi connectivity index (χ0) is 17.2. The second kappa shape index (κ2) is 6.44. The summed E-state index contributed by atoms with van der Waals surface area (Å²) < 4.78 is 6.22. The van der Waals surface area contributed by atoms with Crippen molar-refractivity contribution in [2.45, 2.75) is 33.3 Å². The number of hydrogen-bond donors (Lipinski definition) is 1. The van der Waals surface area contributed by atoms with Crippen molar-refractivity contribution in [3.05, 3.63) is 29.6 Å². The van der Waals surface area contributed by atoms with E-state index in [2.05, 4.69) is 0 Å². The Hall–Kier alpha value is -2.31. The van der Waals surface area contributed by atoms with Crippen molar-refractivity contribution in [2.75, 3.05) is 26.2 Å². The number of aryl methyl sites for hydroxylation is 1. The van der Waals surface area contributed by atoms with E-state index in [4.69, 9.17) is 4.74 Å². The Labute approximate surface area is 136 Å². The molecule has 1 saturated heterocycles. The van der Waals surface area contributed by atoms with Crippen LogP contribution in [0.4, 0.5) is 4.79 Å². The van der Waals surface area contributed by atoms with Gasteiger partial charge in [0.1, 0.15) is 5.60 Å². The number of carbonyl (C=O) groups excluding carboxylic acids is 2. The van der Waals surface area contributed by atoms with Gasteiger partial charge in [-0.3, -0.25) is 10.0 Å². The predicted molar refractivity (Wildman–Crippen MR) is 82.3 cm³/mol. The molecule has 0 spiro atoms. The molecule has 0 radical (unpaired) electrons. The van der Waals surface area contributed by atoms with Gasteiger partial charge in [-0.05, 0) is 26.8 Å². The van der Waals surface area contributed by atoms with Crippen LogP contribution in [0.15, 0.2) is 18.2 Å². The number of hydrogen-bond acceptors (Lipinski definition) is 4. The summed E-state index contributed by atoms with van der Waals surface area (Å²) in [5, 5.41) is 9.95. The van der Waals surface area contributed by atoms with E-state index in [1.165, 1.54) is 0 Å². The van der Waals surface area contributed by atoms with Gasteiger partial charge >= 0.3 is 17.7 Å². The molecule has 2 amide bonds. The minimum atomic E-state index is -0.534. The fourth-order valence-corrected chi connectivity index (χ4v) is 2.35. The van der Waals surface area contributed by atoms with Crippen molar-refractivity contribution < 1.29 is 24.3 Å². The summed E-state index contributed by atoms with van der Waals surface area (Å²) >= 11 is 0. The van der Waals surface area contributed by atoms with E-state index in [0.29, 0.717) is 31.9 Å². The van der Waals surface area contributed by atoms with Crippen LogP contribution in [0, 0.1) is 6.92 Å². The molecule has 23 heavy (non-hydrogen) atoms. The Morgan fingerprint density at radius 3 is 2.26 bits per heavy atom. The molecule has 1 aromatic rings. The second-order valence-corrected chi connectivity index (χ2v) is 6.62. The summed E-state index contributed by atoms with van der Waals surface area (Å²) in [6.07, 6.45) is -0.364. The molecule has 1 aliphatic rings. The molecule has 7 heteroatoms. The molecule has 126 valence electrons. The first-order valence-corrected chi connectivity index (χ1v) is 7.67. The SMILES string of the molecule is Cc1cccc(C(=O)N2CCN(C(=O)OC(C)(C)C)CC2)[n+]1O. The minimum Gasteiger partial charge on any atom is -0.444 e. The first kappa shape index (κ1) is 17.1. The fourth-order valence-electron chi connectivity index (χ4n) is 2.35. The first-order chi connectivity index (χ1) is 10.7. The zero-order valence-electron chi connectivity index (χ0n) is 14.1. The van der Waals surface area contributed by atoms with Crippen molar-refractivity contribution in [1.82, 2.24) is 9.80 Å². The smallest absolute Gasteiger partial charge is 0.410 e. The lowest BCUT2D eigenvalue weighted by Gasteiger charge is -2.34. The molecule has 0 aromatic carbocycles. The van der Waals surface area contributed by atoms with Gasteiger partial charge < -0.3 is 14.5 Å². The van der Waals surface area contributed by atoms with Gasteiger partial charge in [-0.25, -0.2) is 4.79 Å². The van der Waals surface area contributed by atoms with Gasteiger partial charge in [0.15, 0.2) is 0 Å². The van der Waals surface area contributed by atoms with Gasteiger partial charge in [0.05, 0.1) is 0 Å². The van der Waals surface area contributed by atoms with E-state index in [1.807, 2.05) is 20.8 Å². The van der Waals surface area contributed by atoms with Crippen LogP contribution in [0.3, 0.4) is 0 Å². The molecule has 0 atom stereocenters. The Kier molecular flexibility index (Phi) is 4.77. The third-order valence-electron chi connectivity index (χ3n) is 3.59. The van der Waals surface area contributed by atoms with Gasteiger partial charge in [-0.15, -0.1) is 0 Å². The average molecular weight is 322 g/mol. The number of aromatic nitrogens is 1. The molecule has 2 rings (SSSR count). The van der Waals surface area contributed by atoms with E-state index >= 15 is 0 Å². The molecular weight excluding hydrogens is 298 g/mol. The van der Waals surface area contributed by atoms with Crippen molar-refractivity contribution in [1.29, 1.82) is 0 Å². The number of piperazine rings is 1. The molecule has 0 unspecified atom stereocenters. The summed E-state index contributed by atoms with van der Waals surface area (Å²) in [5.41, 5.74) is 0.271. The number of rotatable bonds is 1. The lowest BCUT2D eigenvalue weighted by molar-refractivity contribution is -0.910. The van der Waals surface area contributed by atoms with Gasteiger partial charge in [-0.2, -0.15) is 0 Å². The molecule has 2 heterocycles. The molecule has 0 bridgehead atoms. The van der Waals surface area contributed by atoms with Crippen LogP contribution < -0.4 is 4.73 Å². The molecule has 0 aliphatic carbocycles. The lowest BCUT2D eigenvalue weighted by Crippen LogP contribution is -2.54. The highest BCUT2D eigenvalue weighted by Crippen LogP contribution is 2.13. The minimum absolute atomic E-state index is 0.218. The average Bonchev–Trinajstić information content (AvgIpc) is 2.48. The van der Waals surface area contributed by atoms with Crippen molar-refractivity contribution in [2.24, 2.45) is 0 Å². The molecule has 7 nitrogen and oxygen atoms in total. The van der Waals surface area contributed by atoms with E-state index < -0.39 is 5.60 Å². The quantitative estimate of drug-likeness (QED) is 0.623. The molecular formula is C16H24N3O4+. The highest BCUT2D eigenvalue weighted by Gasteiger charge is 2.32. The molecule has 1 N–H and O–H groups in total. The van der Waals surface area contributed by atoms with E-state index in [1.54, 1.807) is 34.9 Å². The maximum absolute atomic E-state index is 12.5. The predicted octanol–water partition coefficient (Wildman–Crippen LogP) is 1.21. The first-order valence-electron chi connectivity index (χ1n) is 7.67. The topological polar surface area (TPSA) is 74.0 Å². The van der Waals surface area contributed by atoms with Crippen LogP contribution in [0.1, 0.15) is 37.0 Å². The lowest BCUT2D eigenvalue weighted by atomic mass is 10.2. The molecule has 0 saturated carbocycles. The normalized spacial score (nSPS) is 15.5. The summed E-state index contributed by atoms with van der Waals surface area (Å²) in [4.78, 5) is 27.7. The number of pyridine rings is 1. The van der Waals surface area contributed by atoms with Gasteiger partial charge in [-0.1, -0.05) is 0 Å². The maximum Gasteiger partial charge on any atom is 0.410 e. The Balaban J connectivity index is 1.98. The Morgan fingerprint density at radius 1 is 1.13 bits per heavy atom. The second-order valence-electron chi connectivity index (χ2n) is 6.62. The standard InChI is InChI=1S/C16H24N3O4/c1-12-6-5-7-13(19(12)22)14(20)17-8-10-18(11-9-17)15(21)23-16(2,3)4/h5-7,22H,8-11H2,1-4H3/q+1. The van der Waals surface area contributed by atoms with E-state index in [0.717, 1.165) is 4.73 Å². The van der Waals surface area contributed by atoms with Crippen LogP contribution >= 0.6 is 0 Å². The number of ether oxygens (including phenoxy) is 1. The van der Waals surface area contributed by atoms with Crippen LogP contribution in [0.2, 0.25) is 0 Å². The van der Waals surface area contributed by atoms with Crippen LogP contribution in [0.5, 0.6) is 0 Å². The molecule has 1 aromatic heterocycles. The number of amides is 2. The summed E-state index contributed by atoms with van der Waals surface area (Å²) in [7, 11) is 0. The molecule has 1 fully saturated rings. The largest absolute Gasteiger partial charge is 0.444 e. The number of nitrogens with zero attached hydrogens (tertiary/aromatic N) is 3. The van der Waals surface area contributed by atoms with Gasteiger partial charge in [0, 0.05) is 50.0 Å². The highest BCUT2D eigenvalue weighted by atomic mass is 16.6. The van der Waals surface area contributed by atoms with Crippen LogP contribution in [0.25, 0.3) is 0 Å². The fraction of sp³-hybridized carbons (Fsp3) is 0.562. The van der Waals surface area contributed by atoms with E-state index in [9.17, 15) is 14.8 Å². The van der Waals surface area contributed by atoms with Crippen molar-refractivity contribution in [3.8, 4) is 0 Å². The zero-order valence-corrected chi connectivity index (χ0v) is 14.1. The summed E-state index contributed by atoms with van der Waals surface area (Å²) in [6, 6.07) is 5.03. The van der Waals surface area contributed by atoms with Crippen LogP contribution in [-0.2, 0) is 4.74 Å². The monoisotopic (exact) mass is 322 g/mol. The summed E-state index contributed by atoms with van der Waals surface area (Å²) in [5.74, 6) is -0.250. The Bertz CT molecular complexity index is 602. The highest BCUT2D eigenvalue weighted by molar-refractivity contribution is 5.91. The van der Waals surface area contributed by atoms with Crippen LogP contribution in [-0.4, -0.2) is 58.8 Å². The van der Waals surface area contributed by atoms with Crippen molar-refractivity contribution in [3.63, 3.8) is 0 Å². The number of carbonyl (C=O) groups is 2. The van der Waals surface area contributed by atoms with Gasteiger partial charge in [0.2, 0.25) is 5.69 Å². The molecule has 1 aliphatic heterocycles. The maximum atomic E-state index is 12.5.